The average Bonchev–Trinajstić information content (AvgIpc) is 3.00. The van der Waals surface area contributed by atoms with E-state index >= 15 is 0 Å². The maximum absolute atomic E-state index is 10.5. The van der Waals surface area contributed by atoms with Crippen LogP contribution in [0.4, 0.5) is 0 Å². The van der Waals surface area contributed by atoms with Crippen LogP contribution < -0.4 is 0 Å². The first-order valence-electron chi connectivity index (χ1n) is 8.24. The molecule has 0 saturated carbocycles. The van der Waals surface area contributed by atoms with Gasteiger partial charge in [-0.25, -0.2) is 4.68 Å². The Hall–Kier alpha value is -3.60. The Bertz CT molecular complexity index is 1060. The lowest BCUT2D eigenvalue weighted by Crippen LogP contribution is -1.99. The molecule has 2 heterocycles. The number of rotatable bonds is 3. The number of para-hydroxylation sites is 1. The Kier molecular flexibility index (Phi) is 3.89. The number of pyridine rings is 1. The van der Waals surface area contributed by atoms with Crippen LogP contribution in [0.5, 0.6) is 11.5 Å². The van der Waals surface area contributed by atoms with Crippen LogP contribution in [0.2, 0.25) is 0 Å². The Morgan fingerprint density at radius 3 is 2.35 bits per heavy atom. The molecule has 128 valence electrons. The van der Waals surface area contributed by atoms with Gasteiger partial charge in [0, 0.05) is 23.4 Å². The van der Waals surface area contributed by atoms with Crippen molar-refractivity contribution in [3.63, 3.8) is 0 Å². The van der Waals surface area contributed by atoms with Crippen LogP contribution in [0, 0.1) is 6.92 Å². The van der Waals surface area contributed by atoms with Gasteiger partial charge in [-0.05, 0) is 43.3 Å². The molecule has 0 spiro atoms. The minimum Gasteiger partial charge on any atom is -0.508 e. The Morgan fingerprint density at radius 1 is 0.885 bits per heavy atom. The van der Waals surface area contributed by atoms with Gasteiger partial charge in [-0.3, -0.25) is 4.98 Å². The SMILES string of the molecule is Cc1nn(-c2ccccc2)c(-c2ccc(O)cc2O)c1-c1ccccn1. The number of phenolic OH excluding ortho intramolecular Hbond substituents is 2. The first-order valence-corrected chi connectivity index (χ1v) is 8.24. The normalized spacial score (nSPS) is 10.8. The molecule has 2 aromatic heterocycles. The summed E-state index contributed by atoms with van der Waals surface area (Å²) in [6.07, 6.45) is 1.73. The summed E-state index contributed by atoms with van der Waals surface area (Å²) < 4.78 is 1.80. The number of phenols is 2. The molecule has 0 amide bonds. The highest BCUT2D eigenvalue weighted by Crippen LogP contribution is 2.40. The van der Waals surface area contributed by atoms with E-state index in [9.17, 15) is 10.2 Å². The topological polar surface area (TPSA) is 71.2 Å². The second-order valence-electron chi connectivity index (χ2n) is 5.97. The average molecular weight is 343 g/mol. The summed E-state index contributed by atoms with van der Waals surface area (Å²) in [4.78, 5) is 4.47. The van der Waals surface area contributed by atoms with Crippen molar-refractivity contribution in [1.29, 1.82) is 0 Å². The van der Waals surface area contributed by atoms with Crippen LogP contribution >= 0.6 is 0 Å². The number of hydrogen-bond donors (Lipinski definition) is 2. The van der Waals surface area contributed by atoms with E-state index in [1.54, 1.807) is 23.0 Å². The van der Waals surface area contributed by atoms with Crippen LogP contribution in [0.3, 0.4) is 0 Å². The van der Waals surface area contributed by atoms with Crippen molar-refractivity contribution in [2.45, 2.75) is 6.92 Å². The largest absolute Gasteiger partial charge is 0.508 e. The number of aryl methyl sites for hydroxylation is 1. The maximum atomic E-state index is 10.5. The molecule has 0 unspecified atom stereocenters. The summed E-state index contributed by atoms with van der Waals surface area (Å²) in [5.74, 6) is -0.00704. The molecule has 5 heteroatoms. The molecule has 2 N–H and O–H groups in total. The number of benzene rings is 2. The predicted octanol–water partition coefficient (Wildman–Crippen LogP) is 4.32. The van der Waals surface area contributed by atoms with Gasteiger partial charge in [0.05, 0.1) is 22.8 Å². The Balaban J connectivity index is 2.06. The standard InChI is InChI=1S/C21H17N3O2/c1-14-20(18-9-5-6-12-22-18)21(17-11-10-16(25)13-19(17)26)24(23-14)15-7-3-2-4-8-15/h2-13,25-26H,1H3. The van der Waals surface area contributed by atoms with Crippen molar-refractivity contribution in [2.24, 2.45) is 0 Å². The first-order chi connectivity index (χ1) is 12.6. The molecule has 0 aliphatic rings. The summed E-state index contributed by atoms with van der Waals surface area (Å²) in [5, 5.41) is 24.8. The molecular weight excluding hydrogens is 326 g/mol. The quantitative estimate of drug-likeness (QED) is 0.581. The fourth-order valence-corrected chi connectivity index (χ4v) is 3.07. The zero-order valence-electron chi connectivity index (χ0n) is 14.2. The second-order valence-corrected chi connectivity index (χ2v) is 5.97. The fourth-order valence-electron chi connectivity index (χ4n) is 3.07. The summed E-state index contributed by atoms with van der Waals surface area (Å²) in [7, 11) is 0. The molecule has 4 aromatic rings. The molecule has 2 aromatic carbocycles. The lowest BCUT2D eigenvalue weighted by molar-refractivity contribution is 0.451. The van der Waals surface area contributed by atoms with E-state index < -0.39 is 0 Å². The molecule has 0 fully saturated rings. The van der Waals surface area contributed by atoms with Crippen LogP contribution in [0.25, 0.3) is 28.2 Å². The van der Waals surface area contributed by atoms with E-state index in [1.165, 1.54) is 6.07 Å². The number of aromatic hydroxyl groups is 2. The van der Waals surface area contributed by atoms with Gasteiger partial charge < -0.3 is 10.2 Å². The minimum absolute atomic E-state index is 0.00753. The van der Waals surface area contributed by atoms with Gasteiger partial charge in [0.1, 0.15) is 11.5 Å². The van der Waals surface area contributed by atoms with E-state index in [0.29, 0.717) is 5.56 Å². The zero-order chi connectivity index (χ0) is 18.1. The van der Waals surface area contributed by atoms with Gasteiger partial charge in [0.15, 0.2) is 0 Å². The zero-order valence-corrected chi connectivity index (χ0v) is 14.2. The number of hydrogen-bond acceptors (Lipinski definition) is 4. The van der Waals surface area contributed by atoms with Gasteiger partial charge in [-0.1, -0.05) is 24.3 Å². The van der Waals surface area contributed by atoms with Crippen LogP contribution in [-0.2, 0) is 0 Å². The van der Waals surface area contributed by atoms with Gasteiger partial charge >= 0.3 is 0 Å². The van der Waals surface area contributed by atoms with Gasteiger partial charge in [0.2, 0.25) is 0 Å². The lowest BCUT2D eigenvalue weighted by atomic mass is 10.0. The number of nitrogens with zero attached hydrogens (tertiary/aromatic N) is 3. The van der Waals surface area contributed by atoms with E-state index in [2.05, 4.69) is 4.98 Å². The summed E-state index contributed by atoms with van der Waals surface area (Å²) in [6, 6.07) is 20.0. The highest BCUT2D eigenvalue weighted by Gasteiger charge is 2.22. The van der Waals surface area contributed by atoms with Gasteiger partial charge in [-0.2, -0.15) is 5.10 Å². The third kappa shape index (κ3) is 2.69. The third-order valence-corrected chi connectivity index (χ3v) is 4.22. The Morgan fingerprint density at radius 2 is 1.65 bits per heavy atom. The third-order valence-electron chi connectivity index (χ3n) is 4.22. The monoisotopic (exact) mass is 343 g/mol. The van der Waals surface area contributed by atoms with E-state index in [-0.39, 0.29) is 11.5 Å². The summed E-state index contributed by atoms with van der Waals surface area (Å²) in [6.45, 7) is 1.92. The molecule has 4 rings (SSSR count). The van der Waals surface area contributed by atoms with Crippen molar-refractivity contribution >= 4 is 0 Å². The molecular formula is C21H17N3O2. The number of aromatic nitrogens is 3. The van der Waals surface area contributed by atoms with Gasteiger partial charge in [-0.15, -0.1) is 0 Å². The van der Waals surface area contributed by atoms with E-state index in [1.807, 2.05) is 55.5 Å². The first kappa shape index (κ1) is 15.9. The maximum Gasteiger partial charge on any atom is 0.128 e. The molecule has 26 heavy (non-hydrogen) atoms. The van der Waals surface area contributed by atoms with Crippen molar-refractivity contribution in [3.8, 4) is 39.7 Å². The van der Waals surface area contributed by atoms with E-state index in [4.69, 9.17) is 5.10 Å². The molecule has 0 aliphatic carbocycles. The van der Waals surface area contributed by atoms with Crippen molar-refractivity contribution in [2.75, 3.05) is 0 Å². The smallest absolute Gasteiger partial charge is 0.128 e. The van der Waals surface area contributed by atoms with E-state index in [0.717, 1.165) is 28.3 Å². The minimum atomic E-state index is -0.0146. The predicted molar refractivity (Wildman–Crippen MR) is 100 cm³/mol. The molecule has 0 aliphatic heterocycles. The highest BCUT2D eigenvalue weighted by atomic mass is 16.3. The molecule has 0 atom stereocenters. The molecule has 0 bridgehead atoms. The second kappa shape index (κ2) is 6.37. The van der Waals surface area contributed by atoms with Crippen molar-refractivity contribution in [3.05, 3.63) is 78.6 Å². The molecule has 0 radical (unpaired) electrons. The van der Waals surface area contributed by atoms with Crippen LogP contribution in [0.15, 0.2) is 72.9 Å². The Labute approximate surface area is 150 Å². The van der Waals surface area contributed by atoms with Crippen LogP contribution in [-0.4, -0.2) is 25.0 Å². The highest BCUT2D eigenvalue weighted by molar-refractivity contribution is 5.85. The van der Waals surface area contributed by atoms with Crippen molar-refractivity contribution < 1.29 is 10.2 Å². The summed E-state index contributed by atoms with van der Waals surface area (Å²) in [5.41, 5.74) is 4.60. The molecule has 5 nitrogen and oxygen atoms in total. The fraction of sp³-hybridized carbons (Fsp3) is 0.0476. The van der Waals surface area contributed by atoms with Crippen molar-refractivity contribution in [1.82, 2.24) is 14.8 Å². The van der Waals surface area contributed by atoms with Crippen LogP contribution in [0.1, 0.15) is 5.69 Å². The summed E-state index contributed by atoms with van der Waals surface area (Å²) >= 11 is 0. The lowest BCUT2D eigenvalue weighted by Gasteiger charge is -2.12. The molecule has 0 saturated heterocycles. The van der Waals surface area contributed by atoms with Gasteiger partial charge in [0.25, 0.3) is 0 Å².